The van der Waals surface area contributed by atoms with Crippen LogP contribution in [0.3, 0.4) is 0 Å². The molecule has 1 amide bonds. The maximum absolute atomic E-state index is 12.7. The van der Waals surface area contributed by atoms with Crippen LogP contribution >= 0.6 is 23.6 Å². The van der Waals surface area contributed by atoms with Crippen LogP contribution in [0.1, 0.15) is 28.2 Å². The Kier molecular flexibility index (Phi) is 4.14. The van der Waals surface area contributed by atoms with Crippen LogP contribution in [0.5, 0.6) is 0 Å². The average molecular weight is 345 g/mol. The molecule has 2 N–H and O–H groups in total. The molecule has 0 aliphatic rings. The van der Waals surface area contributed by atoms with Gasteiger partial charge in [0.15, 0.2) is 4.77 Å². The number of aromatic amines is 2. The van der Waals surface area contributed by atoms with Crippen LogP contribution in [0.4, 0.5) is 0 Å². The summed E-state index contributed by atoms with van der Waals surface area (Å²) in [4.78, 5) is 32.8. The fraction of sp³-hybridized carbons (Fsp3) is 0.188. The Morgan fingerprint density at radius 2 is 2.09 bits per heavy atom. The lowest BCUT2D eigenvalue weighted by Crippen LogP contribution is -2.29. The first-order valence-electron chi connectivity index (χ1n) is 7.04. The van der Waals surface area contributed by atoms with Crippen molar-refractivity contribution in [3.05, 3.63) is 61.3 Å². The van der Waals surface area contributed by atoms with Gasteiger partial charge in [-0.2, -0.15) is 0 Å². The molecule has 0 fully saturated rings. The number of hydrogen-bond donors (Lipinski definition) is 2. The highest BCUT2D eigenvalue weighted by Gasteiger charge is 2.20. The zero-order valence-electron chi connectivity index (χ0n) is 12.6. The Balaban J connectivity index is 1.97. The summed E-state index contributed by atoms with van der Waals surface area (Å²) in [5.74, 6) is -0.104. The molecule has 118 valence electrons. The van der Waals surface area contributed by atoms with Gasteiger partial charge in [0.05, 0.1) is 16.9 Å². The zero-order chi connectivity index (χ0) is 16.6. The second-order valence-electron chi connectivity index (χ2n) is 5.28. The number of aromatic nitrogens is 2. The Hall–Kier alpha value is -2.25. The average Bonchev–Trinajstić information content (AvgIpc) is 3.06. The van der Waals surface area contributed by atoms with Gasteiger partial charge in [-0.3, -0.25) is 14.6 Å². The summed E-state index contributed by atoms with van der Waals surface area (Å²) < 4.78 is 0.243. The van der Waals surface area contributed by atoms with E-state index in [9.17, 15) is 9.59 Å². The van der Waals surface area contributed by atoms with E-state index in [1.807, 2.05) is 24.4 Å². The van der Waals surface area contributed by atoms with Gasteiger partial charge in [-0.1, -0.05) is 6.07 Å². The highest BCUT2D eigenvalue weighted by Crippen LogP contribution is 2.25. The SMILES string of the molecule is C[C@@H](c1cccs1)N(C)C(=O)c1ccc2c(=O)[nH]c(=S)[nH]c2c1. The maximum Gasteiger partial charge on any atom is 0.259 e. The Morgan fingerprint density at radius 3 is 2.78 bits per heavy atom. The third-order valence-corrected chi connectivity index (χ3v) is 5.09. The van der Waals surface area contributed by atoms with E-state index in [4.69, 9.17) is 12.2 Å². The van der Waals surface area contributed by atoms with Crippen molar-refractivity contribution in [3.63, 3.8) is 0 Å². The van der Waals surface area contributed by atoms with Crippen molar-refractivity contribution in [2.24, 2.45) is 0 Å². The van der Waals surface area contributed by atoms with E-state index in [0.29, 0.717) is 16.5 Å². The molecule has 3 rings (SSSR count). The standard InChI is InChI=1S/C16H15N3O2S2/c1-9(13-4-3-7-23-13)19(2)15(21)10-5-6-11-12(8-10)17-16(22)18-14(11)20/h3-9H,1-2H3,(H2,17,18,20,22)/t9-/m0/s1. The van der Waals surface area contributed by atoms with Crippen molar-refractivity contribution < 1.29 is 4.79 Å². The van der Waals surface area contributed by atoms with Crippen molar-refractivity contribution >= 4 is 40.4 Å². The highest BCUT2D eigenvalue weighted by atomic mass is 32.1. The number of carbonyl (C=O) groups is 1. The van der Waals surface area contributed by atoms with E-state index in [2.05, 4.69) is 9.97 Å². The van der Waals surface area contributed by atoms with Gasteiger partial charge in [-0.05, 0) is 48.8 Å². The summed E-state index contributed by atoms with van der Waals surface area (Å²) in [7, 11) is 1.77. The highest BCUT2D eigenvalue weighted by molar-refractivity contribution is 7.71. The topological polar surface area (TPSA) is 69.0 Å². The molecule has 2 aromatic heterocycles. The minimum atomic E-state index is -0.261. The molecule has 1 aromatic carbocycles. The van der Waals surface area contributed by atoms with E-state index in [-0.39, 0.29) is 22.3 Å². The molecule has 3 aromatic rings. The summed E-state index contributed by atoms with van der Waals surface area (Å²) >= 11 is 6.60. The summed E-state index contributed by atoms with van der Waals surface area (Å²) in [6.45, 7) is 1.99. The second kappa shape index (κ2) is 6.10. The summed E-state index contributed by atoms with van der Waals surface area (Å²) in [5, 5.41) is 2.47. The molecule has 0 unspecified atom stereocenters. The predicted octanol–water partition coefficient (Wildman–Crippen LogP) is 3.48. The molecular formula is C16H15N3O2S2. The normalized spacial score (nSPS) is 12.3. The van der Waals surface area contributed by atoms with E-state index < -0.39 is 0 Å². The van der Waals surface area contributed by atoms with Crippen LogP contribution in [0.25, 0.3) is 10.9 Å². The lowest BCUT2D eigenvalue weighted by molar-refractivity contribution is 0.0745. The Bertz CT molecular complexity index is 973. The van der Waals surface area contributed by atoms with Gasteiger partial charge in [0.1, 0.15) is 0 Å². The lowest BCUT2D eigenvalue weighted by Gasteiger charge is -2.24. The molecule has 0 aliphatic heterocycles. The van der Waals surface area contributed by atoms with Gasteiger partial charge in [0.2, 0.25) is 0 Å². The second-order valence-corrected chi connectivity index (χ2v) is 6.66. The molecule has 2 heterocycles. The summed E-state index contributed by atoms with van der Waals surface area (Å²) in [5.41, 5.74) is 0.810. The van der Waals surface area contributed by atoms with Crippen molar-refractivity contribution in [2.75, 3.05) is 7.05 Å². The maximum atomic E-state index is 12.7. The minimum Gasteiger partial charge on any atom is -0.334 e. The first kappa shape index (κ1) is 15.6. The van der Waals surface area contributed by atoms with E-state index >= 15 is 0 Å². The Labute approximate surface area is 141 Å². The molecule has 0 saturated carbocycles. The number of carbonyl (C=O) groups excluding carboxylic acids is 1. The number of nitrogens with one attached hydrogen (secondary N) is 2. The van der Waals surface area contributed by atoms with Crippen LogP contribution in [-0.2, 0) is 0 Å². The predicted molar refractivity (Wildman–Crippen MR) is 94.6 cm³/mol. The van der Waals surface area contributed by atoms with Crippen LogP contribution in [0.2, 0.25) is 0 Å². The molecule has 0 bridgehead atoms. The van der Waals surface area contributed by atoms with Gasteiger partial charge in [-0.25, -0.2) is 0 Å². The molecule has 1 atom stereocenters. The van der Waals surface area contributed by atoms with Crippen LogP contribution in [-0.4, -0.2) is 27.8 Å². The molecule has 0 aliphatic carbocycles. The van der Waals surface area contributed by atoms with E-state index in [1.165, 1.54) is 0 Å². The van der Waals surface area contributed by atoms with Crippen molar-refractivity contribution in [3.8, 4) is 0 Å². The third-order valence-electron chi connectivity index (χ3n) is 3.84. The first-order chi connectivity index (χ1) is 11.0. The molecule has 7 heteroatoms. The number of amides is 1. The number of rotatable bonds is 3. The Morgan fingerprint density at radius 1 is 1.30 bits per heavy atom. The smallest absolute Gasteiger partial charge is 0.259 e. The van der Waals surface area contributed by atoms with Gasteiger partial charge < -0.3 is 9.88 Å². The van der Waals surface area contributed by atoms with Crippen molar-refractivity contribution in [2.45, 2.75) is 13.0 Å². The number of H-pyrrole nitrogens is 2. The number of nitrogens with zero attached hydrogens (tertiary/aromatic N) is 1. The zero-order valence-corrected chi connectivity index (χ0v) is 14.3. The van der Waals surface area contributed by atoms with Crippen LogP contribution < -0.4 is 5.56 Å². The summed E-state index contributed by atoms with van der Waals surface area (Å²) in [6.07, 6.45) is 0. The fourth-order valence-electron chi connectivity index (χ4n) is 2.40. The molecule has 5 nitrogen and oxygen atoms in total. The van der Waals surface area contributed by atoms with Crippen molar-refractivity contribution in [1.29, 1.82) is 0 Å². The molecule has 23 heavy (non-hydrogen) atoms. The van der Waals surface area contributed by atoms with Crippen molar-refractivity contribution in [1.82, 2.24) is 14.9 Å². The van der Waals surface area contributed by atoms with Crippen LogP contribution in [0.15, 0.2) is 40.5 Å². The number of thiophene rings is 1. The lowest BCUT2D eigenvalue weighted by atomic mass is 10.1. The van der Waals surface area contributed by atoms with E-state index in [0.717, 1.165) is 4.88 Å². The molecule has 0 saturated heterocycles. The number of hydrogen-bond acceptors (Lipinski definition) is 4. The van der Waals surface area contributed by atoms with Gasteiger partial charge in [0, 0.05) is 17.5 Å². The van der Waals surface area contributed by atoms with Gasteiger partial charge >= 0.3 is 0 Å². The molecular weight excluding hydrogens is 330 g/mol. The monoisotopic (exact) mass is 345 g/mol. The fourth-order valence-corrected chi connectivity index (χ4v) is 3.43. The van der Waals surface area contributed by atoms with Gasteiger partial charge in [-0.15, -0.1) is 11.3 Å². The first-order valence-corrected chi connectivity index (χ1v) is 8.33. The number of fused-ring (bicyclic) bond motifs is 1. The van der Waals surface area contributed by atoms with Crippen LogP contribution in [0, 0.1) is 4.77 Å². The number of benzene rings is 1. The third kappa shape index (κ3) is 2.97. The van der Waals surface area contributed by atoms with E-state index in [1.54, 1.807) is 41.5 Å². The summed E-state index contributed by atoms with van der Waals surface area (Å²) in [6, 6.07) is 8.93. The largest absolute Gasteiger partial charge is 0.334 e. The molecule has 0 spiro atoms. The van der Waals surface area contributed by atoms with Gasteiger partial charge in [0.25, 0.3) is 11.5 Å². The minimum absolute atomic E-state index is 0.0177. The quantitative estimate of drug-likeness (QED) is 0.714. The molecule has 0 radical (unpaired) electrons.